The monoisotopic (exact) mass is 293 g/mol. The van der Waals surface area contributed by atoms with Gasteiger partial charge in [0, 0.05) is 5.54 Å². The van der Waals surface area contributed by atoms with Gasteiger partial charge in [-0.25, -0.2) is 4.39 Å². The molecule has 21 heavy (non-hydrogen) atoms. The molecule has 0 saturated heterocycles. The zero-order valence-electron chi connectivity index (χ0n) is 13.5. The summed E-state index contributed by atoms with van der Waals surface area (Å²) in [5.74, 6) is 5.74. The molecule has 0 aromatic heterocycles. The van der Waals surface area contributed by atoms with Crippen molar-refractivity contribution in [2.24, 2.45) is 5.84 Å². The lowest BCUT2D eigenvalue weighted by atomic mass is 9.81. The van der Waals surface area contributed by atoms with Crippen molar-refractivity contribution in [2.75, 3.05) is 13.1 Å². The molecule has 3 nitrogen and oxygen atoms in total. The standard InChI is InChI=1S/C17H28FN3/c1-4-21(5-2)17(8-6-7-9-17)16(20-19)14-10-13(3)11-15(18)12-14/h10-12,16,20H,4-9,19H2,1-3H3. The predicted octanol–water partition coefficient (Wildman–Crippen LogP) is 3.29. The van der Waals surface area contributed by atoms with Crippen LogP contribution in [0.1, 0.15) is 56.7 Å². The number of hydrogen-bond donors (Lipinski definition) is 2. The summed E-state index contributed by atoms with van der Waals surface area (Å²) in [6.07, 6.45) is 4.64. The molecule has 2 rings (SSSR count). The van der Waals surface area contributed by atoms with E-state index in [1.807, 2.05) is 6.92 Å². The fraction of sp³-hybridized carbons (Fsp3) is 0.647. The van der Waals surface area contributed by atoms with Crippen LogP contribution in [0.25, 0.3) is 0 Å². The van der Waals surface area contributed by atoms with Gasteiger partial charge in [-0.1, -0.05) is 32.8 Å². The average Bonchev–Trinajstić information content (AvgIpc) is 2.90. The van der Waals surface area contributed by atoms with Crippen LogP contribution in [0.2, 0.25) is 0 Å². The lowest BCUT2D eigenvalue weighted by molar-refractivity contribution is 0.0625. The fourth-order valence-electron chi connectivity index (χ4n) is 4.12. The van der Waals surface area contributed by atoms with Crippen molar-refractivity contribution in [2.45, 2.75) is 58.0 Å². The molecule has 3 N–H and O–H groups in total. The molecule has 1 aromatic rings. The Morgan fingerprint density at radius 3 is 2.33 bits per heavy atom. The number of likely N-dealkylation sites (N-methyl/N-ethyl adjacent to an activating group) is 1. The normalized spacial score (nSPS) is 19.1. The quantitative estimate of drug-likeness (QED) is 0.624. The van der Waals surface area contributed by atoms with Crippen molar-refractivity contribution >= 4 is 0 Å². The second-order valence-corrected chi connectivity index (χ2v) is 6.14. The van der Waals surface area contributed by atoms with Gasteiger partial charge in [0.05, 0.1) is 6.04 Å². The molecule has 1 fully saturated rings. The van der Waals surface area contributed by atoms with Gasteiger partial charge in [-0.05, 0) is 56.1 Å². The summed E-state index contributed by atoms with van der Waals surface area (Å²) >= 11 is 0. The molecule has 0 spiro atoms. The summed E-state index contributed by atoms with van der Waals surface area (Å²) in [6, 6.07) is 5.21. The van der Waals surface area contributed by atoms with Crippen LogP contribution in [-0.2, 0) is 0 Å². The Kier molecular flexibility index (Phi) is 5.36. The van der Waals surface area contributed by atoms with Gasteiger partial charge in [0.1, 0.15) is 5.82 Å². The van der Waals surface area contributed by atoms with Gasteiger partial charge >= 0.3 is 0 Å². The molecule has 4 heteroatoms. The predicted molar refractivity (Wildman–Crippen MR) is 85.3 cm³/mol. The van der Waals surface area contributed by atoms with Crippen LogP contribution in [0.3, 0.4) is 0 Å². The number of hydrazine groups is 1. The van der Waals surface area contributed by atoms with Gasteiger partial charge in [-0.2, -0.15) is 0 Å². The maximum Gasteiger partial charge on any atom is 0.123 e. The van der Waals surface area contributed by atoms with Crippen molar-refractivity contribution < 1.29 is 4.39 Å². The number of hydrogen-bond acceptors (Lipinski definition) is 3. The molecule has 0 amide bonds. The highest BCUT2D eigenvalue weighted by atomic mass is 19.1. The first-order valence-electron chi connectivity index (χ1n) is 8.05. The Morgan fingerprint density at radius 2 is 1.86 bits per heavy atom. The zero-order chi connectivity index (χ0) is 15.5. The van der Waals surface area contributed by atoms with Crippen molar-refractivity contribution in [3.63, 3.8) is 0 Å². The number of halogens is 1. The molecule has 1 saturated carbocycles. The Hall–Kier alpha value is -0.970. The van der Waals surface area contributed by atoms with E-state index < -0.39 is 0 Å². The molecular formula is C17H28FN3. The van der Waals surface area contributed by atoms with E-state index in [-0.39, 0.29) is 17.4 Å². The van der Waals surface area contributed by atoms with E-state index in [9.17, 15) is 4.39 Å². The number of rotatable bonds is 6. The largest absolute Gasteiger partial charge is 0.296 e. The van der Waals surface area contributed by atoms with Gasteiger partial charge in [0.15, 0.2) is 0 Å². The fourth-order valence-corrected chi connectivity index (χ4v) is 4.12. The molecule has 1 unspecified atom stereocenters. The highest BCUT2D eigenvalue weighted by molar-refractivity contribution is 5.29. The van der Waals surface area contributed by atoms with E-state index in [0.29, 0.717) is 0 Å². The van der Waals surface area contributed by atoms with Crippen LogP contribution in [-0.4, -0.2) is 23.5 Å². The number of benzene rings is 1. The zero-order valence-corrected chi connectivity index (χ0v) is 13.5. The molecule has 1 aliphatic rings. The Labute approximate surface area is 127 Å². The second kappa shape index (κ2) is 6.86. The molecule has 0 radical (unpaired) electrons. The van der Waals surface area contributed by atoms with E-state index in [4.69, 9.17) is 5.84 Å². The van der Waals surface area contributed by atoms with E-state index in [0.717, 1.165) is 37.1 Å². The summed E-state index contributed by atoms with van der Waals surface area (Å²) in [5, 5.41) is 0. The van der Waals surface area contributed by atoms with Crippen molar-refractivity contribution in [3.05, 3.63) is 35.1 Å². The SMILES string of the molecule is CCN(CC)C1(C(NN)c2cc(C)cc(F)c2)CCCC1. The lowest BCUT2D eigenvalue weighted by Gasteiger charge is -2.46. The van der Waals surface area contributed by atoms with Gasteiger partial charge < -0.3 is 0 Å². The van der Waals surface area contributed by atoms with Crippen LogP contribution >= 0.6 is 0 Å². The lowest BCUT2D eigenvalue weighted by Crippen LogP contribution is -2.56. The third-order valence-electron chi connectivity index (χ3n) is 4.96. The number of aryl methyl sites for hydroxylation is 1. The minimum atomic E-state index is -0.182. The van der Waals surface area contributed by atoms with Crippen LogP contribution in [0, 0.1) is 12.7 Å². The van der Waals surface area contributed by atoms with Crippen molar-refractivity contribution in [1.29, 1.82) is 0 Å². The number of nitrogens with two attached hydrogens (primary N) is 1. The van der Waals surface area contributed by atoms with E-state index in [2.05, 4.69) is 30.2 Å². The summed E-state index contributed by atoms with van der Waals surface area (Å²) in [6.45, 7) is 8.28. The van der Waals surface area contributed by atoms with Gasteiger partial charge in [0.25, 0.3) is 0 Å². The first-order valence-corrected chi connectivity index (χ1v) is 8.05. The first-order chi connectivity index (χ1) is 10.1. The molecule has 0 aliphatic heterocycles. The van der Waals surface area contributed by atoms with E-state index in [1.165, 1.54) is 12.8 Å². The molecule has 118 valence electrons. The van der Waals surface area contributed by atoms with Gasteiger partial charge in [0.2, 0.25) is 0 Å². The second-order valence-electron chi connectivity index (χ2n) is 6.14. The van der Waals surface area contributed by atoms with Crippen LogP contribution < -0.4 is 11.3 Å². The van der Waals surface area contributed by atoms with Gasteiger partial charge in [-0.3, -0.25) is 16.2 Å². The third-order valence-corrected chi connectivity index (χ3v) is 4.96. The maximum atomic E-state index is 13.8. The molecule has 1 aromatic carbocycles. The summed E-state index contributed by atoms with van der Waals surface area (Å²) in [5.41, 5.74) is 4.90. The van der Waals surface area contributed by atoms with Crippen LogP contribution in [0.5, 0.6) is 0 Å². The van der Waals surface area contributed by atoms with Crippen LogP contribution in [0.4, 0.5) is 4.39 Å². The molecular weight excluding hydrogens is 265 g/mol. The maximum absolute atomic E-state index is 13.8. The van der Waals surface area contributed by atoms with E-state index in [1.54, 1.807) is 12.1 Å². The minimum absolute atomic E-state index is 0.00150. The van der Waals surface area contributed by atoms with Crippen molar-refractivity contribution in [1.82, 2.24) is 10.3 Å². The molecule has 1 atom stereocenters. The average molecular weight is 293 g/mol. The Bertz CT molecular complexity index is 445. The highest BCUT2D eigenvalue weighted by Crippen LogP contribution is 2.44. The smallest absolute Gasteiger partial charge is 0.123 e. The Morgan fingerprint density at radius 1 is 1.24 bits per heavy atom. The topological polar surface area (TPSA) is 41.3 Å². The third kappa shape index (κ3) is 3.12. The number of nitrogens with one attached hydrogen (secondary N) is 1. The van der Waals surface area contributed by atoms with E-state index >= 15 is 0 Å². The molecule has 0 bridgehead atoms. The van der Waals surface area contributed by atoms with Crippen LogP contribution in [0.15, 0.2) is 18.2 Å². The first kappa shape index (κ1) is 16.4. The highest BCUT2D eigenvalue weighted by Gasteiger charge is 2.45. The number of nitrogens with zero attached hydrogens (tertiary/aromatic N) is 1. The molecule has 1 aliphatic carbocycles. The molecule has 0 heterocycles. The van der Waals surface area contributed by atoms with Crippen molar-refractivity contribution in [3.8, 4) is 0 Å². The summed E-state index contributed by atoms with van der Waals surface area (Å²) in [7, 11) is 0. The Balaban J connectivity index is 2.45. The minimum Gasteiger partial charge on any atom is -0.296 e. The summed E-state index contributed by atoms with van der Waals surface area (Å²) < 4.78 is 13.8. The summed E-state index contributed by atoms with van der Waals surface area (Å²) in [4.78, 5) is 2.49. The van der Waals surface area contributed by atoms with Gasteiger partial charge in [-0.15, -0.1) is 0 Å².